The van der Waals surface area contributed by atoms with Gasteiger partial charge in [0.05, 0.1) is 0 Å². The molecule has 0 atom stereocenters. The van der Waals surface area contributed by atoms with Crippen LogP contribution in [0.2, 0.25) is 5.15 Å². The van der Waals surface area contributed by atoms with Crippen molar-refractivity contribution in [2.45, 2.75) is 20.0 Å². The molecule has 0 saturated carbocycles. The molecule has 1 aromatic carbocycles. The van der Waals surface area contributed by atoms with Gasteiger partial charge in [-0.1, -0.05) is 47.5 Å². The van der Waals surface area contributed by atoms with E-state index in [1.54, 1.807) is 6.20 Å². The van der Waals surface area contributed by atoms with E-state index in [9.17, 15) is 0 Å². The van der Waals surface area contributed by atoms with Gasteiger partial charge in [0.2, 0.25) is 0 Å². The first-order valence-corrected chi connectivity index (χ1v) is 6.36. The zero-order valence-corrected chi connectivity index (χ0v) is 11.5. The molecular weight excluding hydrogens is 244 g/mol. The highest BCUT2D eigenvalue weighted by atomic mass is 35.5. The van der Waals surface area contributed by atoms with Gasteiger partial charge in [0.25, 0.3) is 0 Å². The Labute approximate surface area is 113 Å². The maximum absolute atomic E-state index is 6.06. The fraction of sp³-hybridized carbons (Fsp3) is 0.267. The molecule has 0 bridgehead atoms. The van der Waals surface area contributed by atoms with Crippen molar-refractivity contribution in [2.24, 2.45) is 0 Å². The number of benzene rings is 1. The summed E-state index contributed by atoms with van der Waals surface area (Å²) in [5, 5.41) is 0.591. The summed E-state index contributed by atoms with van der Waals surface area (Å²) in [6, 6.07) is 12.5. The highest BCUT2D eigenvalue weighted by Gasteiger charge is 2.05. The van der Waals surface area contributed by atoms with Crippen molar-refractivity contribution in [3.05, 3.63) is 64.4 Å². The molecule has 2 rings (SSSR count). The van der Waals surface area contributed by atoms with E-state index in [2.05, 4.69) is 48.1 Å². The normalized spacial score (nSPS) is 10.9. The first-order valence-electron chi connectivity index (χ1n) is 5.98. The number of aryl methyl sites for hydroxylation is 1. The van der Waals surface area contributed by atoms with E-state index in [1.807, 2.05) is 12.1 Å². The molecule has 18 heavy (non-hydrogen) atoms. The van der Waals surface area contributed by atoms with Gasteiger partial charge in [-0.25, -0.2) is 4.98 Å². The second kappa shape index (κ2) is 5.98. The highest BCUT2D eigenvalue weighted by Crippen LogP contribution is 2.15. The number of hydrogen-bond donors (Lipinski definition) is 0. The molecule has 0 fully saturated rings. The van der Waals surface area contributed by atoms with Gasteiger partial charge in [-0.05, 0) is 25.6 Å². The van der Waals surface area contributed by atoms with Crippen molar-refractivity contribution in [1.29, 1.82) is 0 Å². The van der Waals surface area contributed by atoms with E-state index in [0.29, 0.717) is 5.15 Å². The third-order valence-electron chi connectivity index (χ3n) is 2.81. The van der Waals surface area contributed by atoms with E-state index in [-0.39, 0.29) is 0 Å². The molecule has 3 heteroatoms. The SMILES string of the molecule is Cc1cccc(CN(C)Cc2cccnc2Cl)c1. The standard InChI is InChI=1S/C15H17ClN2/c1-12-5-3-6-13(9-12)10-18(2)11-14-7-4-8-17-15(14)16/h3-9H,10-11H2,1-2H3. The fourth-order valence-electron chi connectivity index (χ4n) is 2.01. The van der Waals surface area contributed by atoms with E-state index in [1.165, 1.54) is 11.1 Å². The topological polar surface area (TPSA) is 16.1 Å². The van der Waals surface area contributed by atoms with Crippen molar-refractivity contribution < 1.29 is 0 Å². The smallest absolute Gasteiger partial charge is 0.133 e. The summed E-state index contributed by atoms with van der Waals surface area (Å²) >= 11 is 6.06. The molecule has 0 unspecified atom stereocenters. The zero-order chi connectivity index (χ0) is 13.0. The lowest BCUT2D eigenvalue weighted by Crippen LogP contribution is -2.17. The summed E-state index contributed by atoms with van der Waals surface area (Å²) < 4.78 is 0. The molecule has 0 radical (unpaired) electrons. The maximum atomic E-state index is 6.06. The summed E-state index contributed by atoms with van der Waals surface area (Å²) in [6.45, 7) is 3.83. The van der Waals surface area contributed by atoms with Gasteiger partial charge < -0.3 is 0 Å². The van der Waals surface area contributed by atoms with Crippen LogP contribution in [0.25, 0.3) is 0 Å². The summed E-state index contributed by atoms with van der Waals surface area (Å²) in [4.78, 5) is 6.33. The van der Waals surface area contributed by atoms with Crippen LogP contribution in [-0.2, 0) is 13.1 Å². The van der Waals surface area contributed by atoms with Gasteiger partial charge in [0.1, 0.15) is 5.15 Å². The van der Waals surface area contributed by atoms with Crippen LogP contribution in [-0.4, -0.2) is 16.9 Å². The second-order valence-electron chi connectivity index (χ2n) is 4.61. The number of hydrogen-bond acceptors (Lipinski definition) is 2. The van der Waals surface area contributed by atoms with Crippen LogP contribution < -0.4 is 0 Å². The first-order chi connectivity index (χ1) is 8.65. The number of nitrogens with zero attached hydrogens (tertiary/aromatic N) is 2. The summed E-state index contributed by atoms with van der Waals surface area (Å²) in [6.07, 6.45) is 1.71. The van der Waals surface area contributed by atoms with Crippen LogP contribution in [0.1, 0.15) is 16.7 Å². The minimum absolute atomic E-state index is 0.591. The Morgan fingerprint density at radius 2 is 2.00 bits per heavy atom. The van der Waals surface area contributed by atoms with E-state index < -0.39 is 0 Å². The molecule has 0 aliphatic rings. The molecule has 1 heterocycles. The van der Waals surface area contributed by atoms with Crippen molar-refractivity contribution in [3.63, 3.8) is 0 Å². The quantitative estimate of drug-likeness (QED) is 0.780. The highest BCUT2D eigenvalue weighted by molar-refractivity contribution is 6.30. The van der Waals surface area contributed by atoms with E-state index >= 15 is 0 Å². The summed E-state index contributed by atoms with van der Waals surface area (Å²) in [5.74, 6) is 0. The Morgan fingerprint density at radius 3 is 2.72 bits per heavy atom. The predicted molar refractivity (Wildman–Crippen MR) is 75.6 cm³/mol. The Bertz CT molecular complexity index is 525. The number of pyridine rings is 1. The Hall–Kier alpha value is -1.38. The molecule has 0 amide bonds. The van der Waals surface area contributed by atoms with Crippen LogP contribution in [0.5, 0.6) is 0 Å². The maximum Gasteiger partial charge on any atom is 0.133 e. The predicted octanol–water partition coefficient (Wildman–Crippen LogP) is 3.68. The van der Waals surface area contributed by atoms with Crippen LogP contribution in [0.15, 0.2) is 42.6 Å². The number of halogens is 1. The van der Waals surface area contributed by atoms with Crippen LogP contribution in [0.4, 0.5) is 0 Å². The Morgan fingerprint density at radius 1 is 1.17 bits per heavy atom. The van der Waals surface area contributed by atoms with Gasteiger partial charge in [-0.2, -0.15) is 0 Å². The largest absolute Gasteiger partial charge is 0.298 e. The van der Waals surface area contributed by atoms with Gasteiger partial charge in [0.15, 0.2) is 0 Å². The van der Waals surface area contributed by atoms with E-state index in [0.717, 1.165) is 18.7 Å². The molecule has 0 aliphatic carbocycles. The molecule has 94 valence electrons. The van der Waals surface area contributed by atoms with Crippen LogP contribution >= 0.6 is 11.6 Å². The molecule has 2 nitrogen and oxygen atoms in total. The van der Waals surface area contributed by atoms with Crippen molar-refractivity contribution in [1.82, 2.24) is 9.88 Å². The van der Waals surface area contributed by atoms with Gasteiger partial charge >= 0.3 is 0 Å². The molecule has 0 aliphatic heterocycles. The number of aromatic nitrogens is 1. The first kappa shape index (κ1) is 13.1. The lowest BCUT2D eigenvalue weighted by atomic mass is 10.1. The molecule has 0 N–H and O–H groups in total. The number of rotatable bonds is 4. The monoisotopic (exact) mass is 260 g/mol. The fourth-order valence-corrected chi connectivity index (χ4v) is 2.19. The third-order valence-corrected chi connectivity index (χ3v) is 3.15. The van der Waals surface area contributed by atoms with Gasteiger partial charge in [-0.15, -0.1) is 0 Å². The lowest BCUT2D eigenvalue weighted by molar-refractivity contribution is 0.318. The average Bonchev–Trinajstić information content (AvgIpc) is 2.32. The zero-order valence-electron chi connectivity index (χ0n) is 10.7. The van der Waals surface area contributed by atoms with Crippen molar-refractivity contribution >= 4 is 11.6 Å². The Kier molecular flexibility index (Phi) is 4.34. The lowest BCUT2D eigenvalue weighted by Gasteiger charge is -2.17. The molecule has 0 spiro atoms. The van der Waals surface area contributed by atoms with Gasteiger partial charge in [0, 0.05) is 24.8 Å². The van der Waals surface area contributed by atoms with Crippen molar-refractivity contribution in [2.75, 3.05) is 7.05 Å². The minimum Gasteiger partial charge on any atom is -0.298 e. The average molecular weight is 261 g/mol. The third kappa shape index (κ3) is 3.56. The summed E-state index contributed by atoms with van der Waals surface area (Å²) in [7, 11) is 2.09. The molecule has 0 saturated heterocycles. The van der Waals surface area contributed by atoms with Gasteiger partial charge in [-0.3, -0.25) is 4.90 Å². The molecule has 2 aromatic rings. The van der Waals surface area contributed by atoms with E-state index in [4.69, 9.17) is 11.6 Å². The van der Waals surface area contributed by atoms with Crippen LogP contribution in [0.3, 0.4) is 0 Å². The Balaban J connectivity index is 2.01. The molecular formula is C15H17ClN2. The van der Waals surface area contributed by atoms with Crippen LogP contribution in [0, 0.1) is 6.92 Å². The second-order valence-corrected chi connectivity index (χ2v) is 4.97. The van der Waals surface area contributed by atoms with Crippen molar-refractivity contribution in [3.8, 4) is 0 Å². The minimum atomic E-state index is 0.591. The summed E-state index contributed by atoms with van der Waals surface area (Å²) in [5.41, 5.74) is 3.67. The molecule has 1 aromatic heterocycles.